The van der Waals surface area contributed by atoms with E-state index >= 15 is 0 Å². The second kappa shape index (κ2) is 8.02. The third-order valence-electron chi connectivity index (χ3n) is 5.52. The molecule has 4 aromatic rings. The number of fused-ring (bicyclic) bond motifs is 2. The third kappa shape index (κ3) is 3.47. The number of pyridine rings is 1. The number of carbonyl (C=O) groups excluding carboxylic acids is 1. The molecule has 7 heteroatoms. The van der Waals surface area contributed by atoms with Crippen molar-refractivity contribution in [2.45, 2.75) is 13.0 Å². The van der Waals surface area contributed by atoms with Crippen LogP contribution in [0.15, 0.2) is 82.7 Å². The molecule has 1 unspecified atom stereocenters. The largest absolute Gasteiger partial charge is 0.490 e. The molecule has 3 heterocycles. The van der Waals surface area contributed by atoms with E-state index in [4.69, 9.17) is 9.15 Å². The normalized spacial score (nSPS) is 15.0. The Labute approximate surface area is 188 Å². The molecular formula is C26H19FN2O4. The number of aromatic nitrogens is 1. The summed E-state index contributed by atoms with van der Waals surface area (Å²) in [7, 11) is 0. The van der Waals surface area contributed by atoms with Gasteiger partial charge in [-0.2, -0.15) is 0 Å². The molecule has 1 aliphatic heterocycles. The van der Waals surface area contributed by atoms with Crippen LogP contribution in [0, 0.1) is 12.7 Å². The highest BCUT2D eigenvalue weighted by molar-refractivity contribution is 6.10. The molecule has 0 aliphatic carbocycles. The first-order chi connectivity index (χ1) is 16.0. The van der Waals surface area contributed by atoms with Crippen LogP contribution in [0.5, 0.6) is 5.75 Å². The van der Waals surface area contributed by atoms with Gasteiger partial charge in [-0.25, -0.2) is 9.37 Å². The molecule has 2 aromatic heterocycles. The van der Waals surface area contributed by atoms with Crippen LogP contribution in [-0.4, -0.2) is 17.5 Å². The predicted octanol–water partition coefficient (Wildman–Crippen LogP) is 4.95. The lowest BCUT2D eigenvalue weighted by atomic mass is 9.98. The van der Waals surface area contributed by atoms with Crippen LogP contribution in [-0.2, 0) is 0 Å². The summed E-state index contributed by atoms with van der Waals surface area (Å²) in [5.74, 6) is -0.198. The summed E-state index contributed by atoms with van der Waals surface area (Å²) in [6.07, 6.45) is 3.22. The Morgan fingerprint density at radius 2 is 2.03 bits per heavy atom. The Morgan fingerprint density at radius 3 is 2.82 bits per heavy atom. The Hall–Kier alpha value is -4.26. The van der Waals surface area contributed by atoms with E-state index in [-0.39, 0.29) is 22.3 Å². The number of nitrogens with zero attached hydrogens (tertiary/aromatic N) is 2. The number of aryl methyl sites for hydroxylation is 1. The first-order valence-electron chi connectivity index (χ1n) is 10.3. The number of amides is 1. The van der Waals surface area contributed by atoms with E-state index in [1.165, 1.54) is 17.0 Å². The van der Waals surface area contributed by atoms with Crippen LogP contribution in [0.1, 0.15) is 33.3 Å². The molecule has 1 amide bonds. The monoisotopic (exact) mass is 442 g/mol. The molecule has 0 radical (unpaired) electrons. The number of ether oxygens (including phenoxy) is 1. The van der Waals surface area contributed by atoms with Crippen LogP contribution >= 0.6 is 0 Å². The Bertz CT molecular complexity index is 1480. The molecule has 33 heavy (non-hydrogen) atoms. The molecule has 0 spiro atoms. The first-order valence-corrected chi connectivity index (χ1v) is 10.3. The zero-order valence-electron chi connectivity index (χ0n) is 17.7. The van der Waals surface area contributed by atoms with Crippen LogP contribution < -0.4 is 15.1 Å². The van der Waals surface area contributed by atoms with Crippen LogP contribution in [0.25, 0.3) is 11.0 Å². The number of hydrogen-bond acceptors (Lipinski definition) is 5. The van der Waals surface area contributed by atoms with Gasteiger partial charge in [0, 0.05) is 6.20 Å². The number of carbonyl (C=O) groups is 1. The molecule has 0 saturated carbocycles. The van der Waals surface area contributed by atoms with Gasteiger partial charge in [-0.15, -0.1) is 0 Å². The summed E-state index contributed by atoms with van der Waals surface area (Å²) in [5.41, 5.74) is 1.36. The van der Waals surface area contributed by atoms with E-state index in [1.807, 2.05) is 13.0 Å². The average Bonchev–Trinajstić information content (AvgIpc) is 3.11. The van der Waals surface area contributed by atoms with Crippen molar-refractivity contribution in [1.82, 2.24) is 4.98 Å². The van der Waals surface area contributed by atoms with Gasteiger partial charge in [0.05, 0.1) is 17.0 Å². The van der Waals surface area contributed by atoms with Crippen LogP contribution in [0.2, 0.25) is 0 Å². The van der Waals surface area contributed by atoms with Crippen LogP contribution in [0.3, 0.4) is 0 Å². The van der Waals surface area contributed by atoms with Crippen molar-refractivity contribution in [1.29, 1.82) is 0 Å². The molecule has 164 valence electrons. The Kier molecular flexibility index (Phi) is 5.01. The van der Waals surface area contributed by atoms with Crippen molar-refractivity contribution < 1.29 is 18.3 Å². The van der Waals surface area contributed by atoms with Gasteiger partial charge in [0.25, 0.3) is 5.91 Å². The molecule has 1 aliphatic rings. The van der Waals surface area contributed by atoms with Gasteiger partial charge < -0.3 is 9.15 Å². The number of hydrogen-bond donors (Lipinski definition) is 0. The molecule has 6 nitrogen and oxygen atoms in total. The molecule has 0 N–H and O–H groups in total. The van der Waals surface area contributed by atoms with E-state index < -0.39 is 23.2 Å². The number of rotatable bonds is 5. The molecule has 0 saturated heterocycles. The Morgan fingerprint density at radius 1 is 1.18 bits per heavy atom. The second-order valence-corrected chi connectivity index (χ2v) is 7.76. The van der Waals surface area contributed by atoms with Gasteiger partial charge in [-0.05, 0) is 60.5 Å². The number of halogens is 1. The summed E-state index contributed by atoms with van der Waals surface area (Å²) >= 11 is 0. The van der Waals surface area contributed by atoms with Gasteiger partial charge >= 0.3 is 0 Å². The minimum absolute atomic E-state index is 0.0738. The second-order valence-electron chi connectivity index (χ2n) is 7.76. The summed E-state index contributed by atoms with van der Waals surface area (Å²) in [5, 5.41) is 0.0738. The fourth-order valence-electron chi connectivity index (χ4n) is 4.08. The van der Waals surface area contributed by atoms with E-state index in [1.54, 1.807) is 42.6 Å². The van der Waals surface area contributed by atoms with E-state index in [2.05, 4.69) is 11.6 Å². The quantitative estimate of drug-likeness (QED) is 0.409. The van der Waals surface area contributed by atoms with Crippen molar-refractivity contribution in [3.05, 3.63) is 112 Å². The van der Waals surface area contributed by atoms with Crippen molar-refractivity contribution in [2.24, 2.45) is 0 Å². The SMILES string of the molecule is C=CCOc1cccc(C2c3c(oc4ccc(F)cc4c3=O)C(=O)N2c2cc(C)ccn2)c1. The molecule has 5 rings (SSSR count). The van der Waals surface area contributed by atoms with Gasteiger partial charge in [-0.1, -0.05) is 24.8 Å². The van der Waals surface area contributed by atoms with Crippen molar-refractivity contribution in [3.63, 3.8) is 0 Å². The lowest BCUT2D eigenvalue weighted by molar-refractivity contribution is 0.0970. The zero-order valence-corrected chi connectivity index (χ0v) is 17.7. The van der Waals surface area contributed by atoms with Crippen molar-refractivity contribution in [3.8, 4) is 5.75 Å². The fourth-order valence-corrected chi connectivity index (χ4v) is 4.08. The van der Waals surface area contributed by atoms with Gasteiger partial charge in [0.2, 0.25) is 5.76 Å². The maximum atomic E-state index is 13.9. The highest BCUT2D eigenvalue weighted by atomic mass is 19.1. The van der Waals surface area contributed by atoms with Gasteiger partial charge in [0.15, 0.2) is 5.43 Å². The molecule has 0 fully saturated rings. The van der Waals surface area contributed by atoms with Crippen LogP contribution in [0.4, 0.5) is 10.2 Å². The highest BCUT2D eigenvalue weighted by Gasteiger charge is 2.44. The summed E-state index contributed by atoms with van der Waals surface area (Å²) in [6.45, 7) is 5.84. The molecular weight excluding hydrogens is 423 g/mol. The van der Waals surface area contributed by atoms with E-state index in [0.29, 0.717) is 23.7 Å². The lowest BCUT2D eigenvalue weighted by Gasteiger charge is -2.24. The number of anilines is 1. The lowest BCUT2D eigenvalue weighted by Crippen LogP contribution is -2.30. The minimum Gasteiger partial charge on any atom is -0.490 e. The van der Waals surface area contributed by atoms with Crippen molar-refractivity contribution >= 4 is 22.7 Å². The maximum Gasteiger partial charge on any atom is 0.296 e. The molecule has 2 aromatic carbocycles. The first kappa shape index (κ1) is 20.6. The predicted molar refractivity (Wildman–Crippen MR) is 122 cm³/mol. The highest BCUT2D eigenvalue weighted by Crippen LogP contribution is 2.41. The summed E-state index contributed by atoms with van der Waals surface area (Å²) in [6, 6.07) is 13.5. The average molecular weight is 442 g/mol. The van der Waals surface area contributed by atoms with E-state index in [9.17, 15) is 14.0 Å². The third-order valence-corrected chi connectivity index (χ3v) is 5.52. The molecule has 0 bridgehead atoms. The maximum absolute atomic E-state index is 13.9. The molecule has 1 atom stereocenters. The Balaban J connectivity index is 1.78. The topological polar surface area (TPSA) is 72.6 Å². The smallest absolute Gasteiger partial charge is 0.296 e. The minimum atomic E-state index is -0.821. The van der Waals surface area contributed by atoms with Gasteiger partial charge in [-0.3, -0.25) is 14.5 Å². The van der Waals surface area contributed by atoms with E-state index in [0.717, 1.165) is 11.6 Å². The van der Waals surface area contributed by atoms with Gasteiger partial charge in [0.1, 0.15) is 29.6 Å². The standard InChI is InChI=1S/C26H19FN2O4/c1-3-11-32-18-6-4-5-16(13-18)23-22-24(30)19-14-17(27)7-8-20(19)33-25(22)26(31)29(23)21-12-15(2)9-10-28-21/h3-10,12-14,23H,1,11H2,2H3. The number of benzene rings is 2. The fraction of sp³-hybridized carbons (Fsp3) is 0.115. The summed E-state index contributed by atoms with van der Waals surface area (Å²) < 4.78 is 25.4. The van der Waals surface area contributed by atoms with Crippen molar-refractivity contribution in [2.75, 3.05) is 11.5 Å². The zero-order chi connectivity index (χ0) is 23.1. The summed E-state index contributed by atoms with van der Waals surface area (Å²) in [4.78, 5) is 32.9.